The number of aromatic nitrogens is 3. The van der Waals surface area contributed by atoms with Crippen molar-refractivity contribution in [3.8, 4) is 0 Å². The molecular weight excluding hydrogens is 273 g/mol. The minimum absolute atomic E-state index is 0.0789. The van der Waals surface area contributed by atoms with Crippen molar-refractivity contribution >= 4 is 15.7 Å². The number of hydrogen-bond acceptors (Lipinski definition) is 5. The summed E-state index contributed by atoms with van der Waals surface area (Å²) in [5.74, 6) is -0.881. The van der Waals surface area contributed by atoms with Crippen LogP contribution in [-0.2, 0) is 16.6 Å². The zero-order valence-electron chi connectivity index (χ0n) is 9.82. The summed E-state index contributed by atoms with van der Waals surface area (Å²) in [4.78, 5) is -0.430. The van der Waals surface area contributed by atoms with Crippen LogP contribution in [0.15, 0.2) is 35.5 Å². The van der Waals surface area contributed by atoms with Crippen LogP contribution in [0.1, 0.15) is 0 Å². The second kappa shape index (κ2) is 5.33. The van der Waals surface area contributed by atoms with Crippen molar-refractivity contribution in [1.82, 2.24) is 19.7 Å². The quantitative estimate of drug-likeness (QED) is 0.751. The van der Waals surface area contributed by atoms with Gasteiger partial charge in [0.1, 0.15) is 10.7 Å². The van der Waals surface area contributed by atoms with E-state index in [4.69, 9.17) is 5.73 Å². The van der Waals surface area contributed by atoms with Gasteiger partial charge in [-0.3, -0.25) is 4.68 Å². The molecule has 1 heterocycles. The van der Waals surface area contributed by atoms with Gasteiger partial charge in [0.2, 0.25) is 10.0 Å². The standard InChI is InChI=1S/C10H12FN5O2S/c11-9-7-8(12)1-2-10(9)19(17,18)14-4-6-16-5-3-13-15-16/h1-3,5,7,14H,4,6,12H2. The predicted molar refractivity (Wildman–Crippen MR) is 66.0 cm³/mol. The van der Waals surface area contributed by atoms with E-state index in [1.165, 1.54) is 16.9 Å². The molecule has 1 aromatic carbocycles. The molecule has 0 atom stereocenters. The van der Waals surface area contributed by atoms with Crippen LogP contribution in [0.25, 0.3) is 0 Å². The van der Waals surface area contributed by atoms with E-state index in [-0.39, 0.29) is 12.2 Å². The van der Waals surface area contributed by atoms with Gasteiger partial charge in [-0.15, -0.1) is 5.10 Å². The van der Waals surface area contributed by atoms with Crippen LogP contribution in [0.5, 0.6) is 0 Å². The largest absolute Gasteiger partial charge is 0.399 e. The zero-order chi connectivity index (χ0) is 13.9. The fourth-order valence-corrected chi connectivity index (χ4v) is 2.54. The lowest BCUT2D eigenvalue weighted by Gasteiger charge is -2.08. The summed E-state index contributed by atoms with van der Waals surface area (Å²) < 4.78 is 41.0. The van der Waals surface area contributed by atoms with Gasteiger partial charge in [0.25, 0.3) is 0 Å². The molecule has 0 aliphatic rings. The number of nitrogens with zero attached hydrogens (tertiary/aromatic N) is 3. The van der Waals surface area contributed by atoms with E-state index in [1.807, 2.05) is 0 Å². The molecule has 102 valence electrons. The van der Waals surface area contributed by atoms with Crippen LogP contribution in [0.3, 0.4) is 0 Å². The van der Waals surface area contributed by atoms with E-state index in [9.17, 15) is 12.8 Å². The monoisotopic (exact) mass is 285 g/mol. The molecule has 0 bridgehead atoms. The van der Waals surface area contributed by atoms with Gasteiger partial charge in [0.15, 0.2) is 0 Å². The number of nitrogens with one attached hydrogen (secondary N) is 1. The third kappa shape index (κ3) is 3.26. The lowest BCUT2D eigenvalue weighted by molar-refractivity contribution is 0.541. The van der Waals surface area contributed by atoms with Gasteiger partial charge in [-0.05, 0) is 18.2 Å². The Morgan fingerprint density at radius 3 is 2.84 bits per heavy atom. The molecule has 0 unspecified atom stereocenters. The second-order valence-corrected chi connectivity index (χ2v) is 5.49. The van der Waals surface area contributed by atoms with Crippen LogP contribution in [0.2, 0.25) is 0 Å². The van der Waals surface area contributed by atoms with E-state index in [0.717, 1.165) is 12.1 Å². The Balaban J connectivity index is 2.05. The van der Waals surface area contributed by atoms with Crippen molar-refractivity contribution < 1.29 is 12.8 Å². The molecule has 0 spiro atoms. The van der Waals surface area contributed by atoms with E-state index in [0.29, 0.717) is 6.54 Å². The number of benzene rings is 1. The highest BCUT2D eigenvalue weighted by Gasteiger charge is 2.18. The maximum absolute atomic E-state index is 13.5. The number of nitrogen functional groups attached to an aromatic ring is 1. The molecule has 2 aromatic rings. The molecule has 0 aliphatic heterocycles. The third-order valence-corrected chi connectivity index (χ3v) is 3.84. The predicted octanol–water partition coefficient (Wildman–Crippen LogP) is -0.0221. The first-order valence-electron chi connectivity index (χ1n) is 5.38. The summed E-state index contributed by atoms with van der Waals surface area (Å²) in [5.41, 5.74) is 5.53. The average molecular weight is 285 g/mol. The summed E-state index contributed by atoms with van der Waals surface area (Å²) in [5, 5.41) is 7.26. The summed E-state index contributed by atoms with van der Waals surface area (Å²) in [7, 11) is -3.90. The molecule has 0 saturated heterocycles. The molecule has 0 radical (unpaired) electrons. The Labute approximate surface area is 109 Å². The molecule has 3 N–H and O–H groups in total. The SMILES string of the molecule is Nc1ccc(S(=O)(=O)NCCn2ccnn2)c(F)c1. The highest BCUT2D eigenvalue weighted by atomic mass is 32.2. The van der Waals surface area contributed by atoms with Gasteiger partial charge in [0.05, 0.1) is 12.7 Å². The molecular formula is C10H12FN5O2S. The fraction of sp³-hybridized carbons (Fsp3) is 0.200. The van der Waals surface area contributed by atoms with Crippen LogP contribution in [0, 0.1) is 5.82 Å². The first-order valence-corrected chi connectivity index (χ1v) is 6.86. The number of anilines is 1. The molecule has 1 aromatic heterocycles. The summed E-state index contributed by atoms with van der Waals surface area (Å²) in [6.07, 6.45) is 3.08. The van der Waals surface area contributed by atoms with Crippen molar-refractivity contribution in [2.45, 2.75) is 11.4 Å². The van der Waals surface area contributed by atoms with Crippen LogP contribution in [-0.4, -0.2) is 30.0 Å². The molecule has 0 saturated carbocycles. The van der Waals surface area contributed by atoms with Crippen molar-refractivity contribution in [1.29, 1.82) is 0 Å². The Morgan fingerprint density at radius 2 is 2.21 bits per heavy atom. The van der Waals surface area contributed by atoms with E-state index >= 15 is 0 Å². The van der Waals surface area contributed by atoms with E-state index < -0.39 is 20.7 Å². The minimum Gasteiger partial charge on any atom is -0.399 e. The number of hydrogen-bond donors (Lipinski definition) is 2. The first kappa shape index (κ1) is 13.4. The van der Waals surface area contributed by atoms with Crippen LogP contribution >= 0.6 is 0 Å². The fourth-order valence-electron chi connectivity index (χ4n) is 1.46. The van der Waals surface area contributed by atoms with Gasteiger partial charge in [-0.1, -0.05) is 5.21 Å². The third-order valence-electron chi connectivity index (χ3n) is 2.35. The number of sulfonamides is 1. The molecule has 0 fully saturated rings. The minimum atomic E-state index is -3.90. The van der Waals surface area contributed by atoms with Crippen LogP contribution in [0.4, 0.5) is 10.1 Å². The molecule has 0 aliphatic carbocycles. The topological polar surface area (TPSA) is 103 Å². The van der Waals surface area contributed by atoms with E-state index in [2.05, 4.69) is 15.0 Å². The first-order chi connectivity index (χ1) is 8.99. The molecule has 7 nitrogen and oxygen atoms in total. The molecule has 19 heavy (non-hydrogen) atoms. The number of rotatable bonds is 5. The Kier molecular flexibility index (Phi) is 3.76. The number of halogens is 1. The van der Waals surface area contributed by atoms with Gasteiger partial charge in [0, 0.05) is 18.4 Å². The smallest absolute Gasteiger partial charge is 0.243 e. The number of nitrogens with two attached hydrogens (primary N) is 1. The maximum atomic E-state index is 13.5. The van der Waals surface area contributed by atoms with Gasteiger partial charge in [-0.2, -0.15) is 0 Å². The lowest BCUT2D eigenvalue weighted by atomic mass is 10.3. The Bertz CT molecular complexity index is 657. The van der Waals surface area contributed by atoms with Crippen molar-refractivity contribution in [2.75, 3.05) is 12.3 Å². The van der Waals surface area contributed by atoms with Crippen molar-refractivity contribution in [2.24, 2.45) is 0 Å². The normalized spacial score (nSPS) is 11.6. The zero-order valence-corrected chi connectivity index (χ0v) is 10.6. The average Bonchev–Trinajstić information content (AvgIpc) is 2.81. The van der Waals surface area contributed by atoms with E-state index in [1.54, 1.807) is 6.20 Å². The van der Waals surface area contributed by atoms with Crippen molar-refractivity contribution in [3.63, 3.8) is 0 Å². The van der Waals surface area contributed by atoms with Crippen molar-refractivity contribution in [3.05, 3.63) is 36.4 Å². The summed E-state index contributed by atoms with van der Waals surface area (Å²) in [6.45, 7) is 0.380. The molecule has 0 amide bonds. The van der Waals surface area contributed by atoms with Gasteiger partial charge >= 0.3 is 0 Å². The summed E-state index contributed by atoms with van der Waals surface area (Å²) in [6, 6.07) is 3.42. The van der Waals surface area contributed by atoms with Gasteiger partial charge in [-0.25, -0.2) is 17.5 Å². The lowest BCUT2D eigenvalue weighted by Crippen LogP contribution is -2.28. The Hall–Kier alpha value is -2.00. The molecule has 9 heteroatoms. The molecule has 2 rings (SSSR count). The highest BCUT2D eigenvalue weighted by Crippen LogP contribution is 2.16. The van der Waals surface area contributed by atoms with Gasteiger partial charge < -0.3 is 5.73 Å². The summed E-state index contributed by atoms with van der Waals surface area (Å²) >= 11 is 0. The second-order valence-electron chi connectivity index (χ2n) is 3.75. The highest BCUT2D eigenvalue weighted by molar-refractivity contribution is 7.89. The maximum Gasteiger partial charge on any atom is 0.243 e. The van der Waals surface area contributed by atoms with Crippen LogP contribution < -0.4 is 10.5 Å². The Morgan fingerprint density at radius 1 is 1.42 bits per heavy atom.